The van der Waals surface area contributed by atoms with Crippen molar-refractivity contribution in [2.75, 3.05) is 13.2 Å². The Hall–Kier alpha value is -2.83. The van der Waals surface area contributed by atoms with Gasteiger partial charge in [-0.05, 0) is 12.1 Å². The average molecular weight is 343 g/mol. The highest BCUT2D eigenvalue weighted by Crippen LogP contribution is 2.24. The number of amides is 2. The lowest BCUT2D eigenvalue weighted by Gasteiger charge is -2.25. The standard InChI is InChI=1S/C18H21N3O4/c1-11(2)18-20-13-9-21(8-7-15(13)25-18)16(22)10-24-14-6-4-3-5-12(14)17(19)23/h3-6,11H,7-10H2,1-2H3,(H2,19,23). The number of carbonyl (C=O) groups excluding carboxylic acids is 2. The van der Waals surface area contributed by atoms with Crippen molar-refractivity contribution in [3.8, 4) is 5.75 Å². The van der Waals surface area contributed by atoms with Gasteiger partial charge in [0.05, 0.1) is 12.1 Å². The van der Waals surface area contributed by atoms with Gasteiger partial charge < -0.3 is 19.8 Å². The molecule has 7 heteroatoms. The van der Waals surface area contributed by atoms with Crippen LogP contribution in [0.1, 0.15) is 47.5 Å². The van der Waals surface area contributed by atoms with E-state index in [1.165, 1.54) is 0 Å². The van der Waals surface area contributed by atoms with Gasteiger partial charge >= 0.3 is 0 Å². The van der Waals surface area contributed by atoms with E-state index in [0.717, 1.165) is 11.5 Å². The van der Waals surface area contributed by atoms with Crippen molar-refractivity contribution in [3.05, 3.63) is 47.2 Å². The number of fused-ring (bicyclic) bond motifs is 1. The maximum Gasteiger partial charge on any atom is 0.260 e. The topological polar surface area (TPSA) is 98.7 Å². The average Bonchev–Trinajstić information content (AvgIpc) is 3.03. The van der Waals surface area contributed by atoms with E-state index in [1.54, 1.807) is 29.2 Å². The minimum atomic E-state index is -0.588. The molecule has 25 heavy (non-hydrogen) atoms. The van der Waals surface area contributed by atoms with Crippen molar-refractivity contribution in [2.45, 2.75) is 32.7 Å². The summed E-state index contributed by atoms with van der Waals surface area (Å²) in [4.78, 5) is 30.0. The fourth-order valence-corrected chi connectivity index (χ4v) is 2.71. The first-order valence-electron chi connectivity index (χ1n) is 8.23. The van der Waals surface area contributed by atoms with Crippen LogP contribution in [0.2, 0.25) is 0 Å². The summed E-state index contributed by atoms with van der Waals surface area (Å²) in [6.45, 7) is 4.84. The Morgan fingerprint density at radius 1 is 1.36 bits per heavy atom. The third kappa shape index (κ3) is 3.65. The number of oxazole rings is 1. The van der Waals surface area contributed by atoms with Gasteiger partial charge in [0.2, 0.25) is 0 Å². The van der Waals surface area contributed by atoms with E-state index in [9.17, 15) is 9.59 Å². The Balaban J connectivity index is 1.64. The molecule has 0 saturated heterocycles. The van der Waals surface area contributed by atoms with Crippen LogP contribution in [0, 0.1) is 0 Å². The van der Waals surface area contributed by atoms with Gasteiger partial charge in [-0.3, -0.25) is 9.59 Å². The van der Waals surface area contributed by atoms with Crippen LogP contribution >= 0.6 is 0 Å². The van der Waals surface area contributed by atoms with Crippen molar-refractivity contribution in [2.24, 2.45) is 5.73 Å². The molecule has 2 N–H and O–H groups in total. The van der Waals surface area contributed by atoms with E-state index in [4.69, 9.17) is 14.9 Å². The van der Waals surface area contributed by atoms with Gasteiger partial charge in [0.15, 0.2) is 12.5 Å². The predicted octanol–water partition coefficient (Wildman–Crippen LogP) is 1.86. The van der Waals surface area contributed by atoms with Gasteiger partial charge in [0, 0.05) is 18.9 Å². The molecular weight excluding hydrogens is 322 g/mol. The number of rotatable bonds is 5. The minimum Gasteiger partial charge on any atom is -0.483 e. The lowest BCUT2D eigenvalue weighted by molar-refractivity contribution is -0.134. The van der Waals surface area contributed by atoms with E-state index in [2.05, 4.69) is 4.98 Å². The smallest absolute Gasteiger partial charge is 0.260 e. The van der Waals surface area contributed by atoms with Crippen LogP contribution in [-0.4, -0.2) is 34.8 Å². The molecule has 0 radical (unpaired) electrons. The van der Waals surface area contributed by atoms with Crippen LogP contribution in [0.3, 0.4) is 0 Å². The molecule has 2 aromatic rings. The molecule has 1 aliphatic rings. The van der Waals surface area contributed by atoms with Crippen LogP contribution < -0.4 is 10.5 Å². The number of primary amides is 1. The molecule has 1 aromatic carbocycles. The maximum absolute atomic E-state index is 12.4. The van der Waals surface area contributed by atoms with E-state index < -0.39 is 5.91 Å². The van der Waals surface area contributed by atoms with Crippen molar-refractivity contribution >= 4 is 11.8 Å². The first kappa shape index (κ1) is 17.0. The molecule has 1 aromatic heterocycles. The molecule has 7 nitrogen and oxygen atoms in total. The molecule has 0 atom stereocenters. The molecule has 0 unspecified atom stereocenters. The Bertz CT molecular complexity index is 797. The summed E-state index contributed by atoms with van der Waals surface area (Å²) in [6.07, 6.45) is 0.638. The van der Waals surface area contributed by atoms with Gasteiger partial charge in [-0.2, -0.15) is 0 Å². The summed E-state index contributed by atoms with van der Waals surface area (Å²) >= 11 is 0. The normalized spacial score (nSPS) is 13.6. The fourth-order valence-electron chi connectivity index (χ4n) is 2.71. The van der Waals surface area contributed by atoms with Gasteiger partial charge in [-0.1, -0.05) is 26.0 Å². The molecule has 3 rings (SSSR count). The lowest BCUT2D eigenvalue weighted by Crippen LogP contribution is -2.38. The molecule has 2 heterocycles. The van der Waals surface area contributed by atoms with E-state index in [1.807, 2.05) is 13.8 Å². The van der Waals surface area contributed by atoms with Crippen molar-refractivity contribution in [1.82, 2.24) is 9.88 Å². The third-order valence-corrected chi connectivity index (χ3v) is 4.09. The number of nitrogens with two attached hydrogens (primary N) is 1. The Kier molecular flexibility index (Phi) is 4.74. The summed E-state index contributed by atoms with van der Waals surface area (Å²) in [5, 5.41) is 0. The zero-order chi connectivity index (χ0) is 18.0. The van der Waals surface area contributed by atoms with Crippen LogP contribution in [0.4, 0.5) is 0 Å². The zero-order valence-electron chi connectivity index (χ0n) is 14.3. The SMILES string of the molecule is CC(C)c1nc2c(o1)CCN(C(=O)COc1ccccc1C(N)=O)C2. The maximum atomic E-state index is 12.4. The number of aromatic nitrogens is 1. The van der Waals surface area contributed by atoms with E-state index in [0.29, 0.717) is 31.2 Å². The number of para-hydroxylation sites is 1. The van der Waals surface area contributed by atoms with Crippen LogP contribution in [-0.2, 0) is 17.8 Å². The second-order valence-electron chi connectivity index (χ2n) is 6.29. The van der Waals surface area contributed by atoms with Gasteiger partial charge in [0.1, 0.15) is 17.2 Å². The largest absolute Gasteiger partial charge is 0.483 e. The van der Waals surface area contributed by atoms with Gasteiger partial charge in [-0.25, -0.2) is 4.98 Å². The van der Waals surface area contributed by atoms with E-state index >= 15 is 0 Å². The Morgan fingerprint density at radius 2 is 2.12 bits per heavy atom. The van der Waals surface area contributed by atoms with Gasteiger partial charge in [-0.15, -0.1) is 0 Å². The monoisotopic (exact) mass is 343 g/mol. The molecule has 2 amide bonds. The van der Waals surface area contributed by atoms with E-state index in [-0.39, 0.29) is 24.0 Å². The molecule has 0 aliphatic carbocycles. The van der Waals surface area contributed by atoms with Crippen molar-refractivity contribution in [1.29, 1.82) is 0 Å². The first-order valence-corrected chi connectivity index (χ1v) is 8.23. The highest BCUT2D eigenvalue weighted by molar-refractivity contribution is 5.95. The van der Waals surface area contributed by atoms with Crippen LogP contribution in [0.5, 0.6) is 5.75 Å². The molecule has 0 saturated carbocycles. The number of hydrogen-bond donors (Lipinski definition) is 1. The highest BCUT2D eigenvalue weighted by Gasteiger charge is 2.26. The summed E-state index contributed by atoms with van der Waals surface area (Å²) in [7, 11) is 0. The predicted molar refractivity (Wildman–Crippen MR) is 90.2 cm³/mol. The lowest BCUT2D eigenvalue weighted by atomic mass is 10.1. The van der Waals surface area contributed by atoms with Crippen LogP contribution in [0.25, 0.3) is 0 Å². The number of hydrogen-bond acceptors (Lipinski definition) is 5. The zero-order valence-corrected chi connectivity index (χ0v) is 14.3. The summed E-state index contributed by atoms with van der Waals surface area (Å²) in [6, 6.07) is 6.60. The molecule has 0 bridgehead atoms. The number of ether oxygens (including phenoxy) is 1. The van der Waals surface area contributed by atoms with Crippen LogP contribution in [0.15, 0.2) is 28.7 Å². The first-order chi connectivity index (χ1) is 12.0. The third-order valence-electron chi connectivity index (χ3n) is 4.09. The quantitative estimate of drug-likeness (QED) is 0.893. The number of benzene rings is 1. The summed E-state index contributed by atoms with van der Waals surface area (Å²) in [5.41, 5.74) is 6.38. The minimum absolute atomic E-state index is 0.158. The van der Waals surface area contributed by atoms with Crippen molar-refractivity contribution in [3.63, 3.8) is 0 Å². The summed E-state index contributed by atoms with van der Waals surface area (Å²) in [5.74, 6) is 1.32. The Labute approximate surface area is 145 Å². The number of nitrogens with zero attached hydrogens (tertiary/aromatic N) is 2. The molecule has 1 aliphatic heterocycles. The highest BCUT2D eigenvalue weighted by atomic mass is 16.5. The molecule has 132 valence electrons. The molecule has 0 fully saturated rings. The molecule has 0 spiro atoms. The number of carbonyl (C=O) groups is 2. The van der Waals surface area contributed by atoms with Gasteiger partial charge in [0.25, 0.3) is 11.8 Å². The molecular formula is C18H21N3O4. The second-order valence-corrected chi connectivity index (χ2v) is 6.29. The second kappa shape index (κ2) is 6.96. The summed E-state index contributed by atoms with van der Waals surface area (Å²) < 4.78 is 11.2. The fraction of sp³-hybridized carbons (Fsp3) is 0.389. The van der Waals surface area contributed by atoms with Crippen molar-refractivity contribution < 1.29 is 18.7 Å². The Morgan fingerprint density at radius 3 is 2.84 bits per heavy atom.